The summed E-state index contributed by atoms with van der Waals surface area (Å²) in [5, 5.41) is 0.154. The second-order valence-corrected chi connectivity index (χ2v) is 17.4. The topological polar surface area (TPSA) is 18.5 Å². The molecule has 2 nitrogen and oxygen atoms in total. The van der Waals surface area contributed by atoms with Crippen molar-refractivity contribution >= 4 is 33.3 Å². The zero-order chi connectivity index (χ0) is 18.9. The van der Waals surface area contributed by atoms with Gasteiger partial charge in [-0.25, -0.2) is 0 Å². The summed E-state index contributed by atoms with van der Waals surface area (Å²) in [6.07, 6.45) is -0.274. The molecule has 1 aromatic rings. The van der Waals surface area contributed by atoms with Crippen LogP contribution in [0, 0.1) is 0 Å². The van der Waals surface area contributed by atoms with Crippen molar-refractivity contribution in [3.05, 3.63) is 33.8 Å². The van der Waals surface area contributed by atoms with Crippen LogP contribution in [-0.2, 0) is 14.3 Å². The summed E-state index contributed by atoms with van der Waals surface area (Å²) in [6.45, 7) is 22.5. The SMILES string of the molecule is C[SiH](C)OC(O[Si](C)(C)C(C)(C)C)c1cc(Br)ccc1C(C)(C)C. The summed E-state index contributed by atoms with van der Waals surface area (Å²) in [5.41, 5.74) is 2.51. The lowest BCUT2D eigenvalue weighted by molar-refractivity contribution is -0.0108. The molecule has 0 fully saturated rings. The Labute approximate surface area is 160 Å². The van der Waals surface area contributed by atoms with Crippen LogP contribution in [0.3, 0.4) is 0 Å². The van der Waals surface area contributed by atoms with E-state index in [1.165, 1.54) is 11.1 Å². The molecule has 1 unspecified atom stereocenters. The van der Waals surface area contributed by atoms with Crippen LogP contribution in [0.15, 0.2) is 22.7 Å². The fourth-order valence-electron chi connectivity index (χ4n) is 2.27. The monoisotopic (exact) mass is 430 g/mol. The maximum atomic E-state index is 6.72. The molecule has 0 aliphatic heterocycles. The molecule has 24 heavy (non-hydrogen) atoms. The van der Waals surface area contributed by atoms with Crippen LogP contribution in [-0.4, -0.2) is 17.4 Å². The summed E-state index contributed by atoms with van der Waals surface area (Å²) in [5.74, 6) is 0. The lowest BCUT2D eigenvalue weighted by Gasteiger charge is -2.40. The molecule has 0 saturated heterocycles. The molecule has 0 bridgehead atoms. The van der Waals surface area contributed by atoms with Gasteiger partial charge in [-0.2, -0.15) is 0 Å². The highest BCUT2D eigenvalue weighted by atomic mass is 79.9. The molecule has 1 rings (SSSR count). The predicted octanol–water partition coefficient (Wildman–Crippen LogP) is 6.77. The third kappa shape index (κ3) is 5.80. The second kappa shape index (κ2) is 7.74. The molecular formula is C19H35BrO2Si2. The van der Waals surface area contributed by atoms with Gasteiger partial charge in [-0.1, -0.05) is 63.5 Å². The normalized spacial score (nSPS) is 15.0. The van der Waals surface area contributed by atoms with E-state index < -0.39 is 17.4 Å². The number of benzene rings is 1. The molecule has 0 radical (unpaired) electrons. The van der Waals surface area contributed by atoms with Gasteiger partial charge in [0.05, 0.1) is 0 Å². The number of halogens is 1. The fraction of sp³-hybridized carbons (Fsp3) is 0.684. The highest BCUT2D eigenvalue weighted by Crippen LogP contribution is 2.42. The van der Waals surface area contributed by atoms with Crippen molar-refractivity contribution in [1.82, 2.24) is 0 Å². The van der Waals surface area contributed by atoms with Gasteiger partial charge < -0.3 is 8.85 Å². The molecule has 0 aliphatic rings. The van der Waals surface area contributed by atoms with Crippen LogP contribution in [0.1, 0.15) is 59.0 Å². The van der Waals surface area contributed by atoms with E-state index >= 15 is 0 Å². The first kappa shape index (κ1) is 22.1. The molecule has 138 valence electrons. The van der Waals surface area contributed by atoms with Crippen molar-refractivity contribution in [3.63, 3.8) is 0 Å². The van der Waals surface area contributed by atoms with E-state index in [0.29, 0.717) is 0 Å². The Morgan fingerprint density at radius 1 is 1.04 bits per heavy atom. The second-order valence-electron chi connectivity index (χ2n) is 9.38. The highest BCUT2D eigenvalue weighted by Gasteiger charge is 2.40. The highest BCUT2D eigenvalue weighted by molar-refractivity contribution is 9.10. The first-order valence-electron chi connectivity index (χ1n) is 8.78. The fourth-order valence-corrected chi connectivity index (χ4v) is 4.53. The minimum absolute atomic E-state index is 0.0486. The van der Waals surface area contributed by atoms with Gasteiger partial charge >= 0.3 is 0 Å². The zero-order valence-corrected chi connectivity index (χ0v) is 20.8. The third-order valence-corrected chi connectivity index (χ3v) is 10.4. The average molecular weight is 432 g/mol. The van der Waals surface area contributed by atoms with E-state index in [0.717, 1.165) is 4.47 Å². The van der Waals surface area contributed by atoms with Crippen molar-refractivity contribution in [2.75, 3.05) is 0 Å². The van der Waals surface area contributed by atoms with Crippen LogP contribution in [0.2, 0.25) is 31.2 Å². The van der Waals surface area contributed by atoms with Gasteiger partial charge in [0.1, 0.15) is 0 Å². The van der Waals surface area contributed by atoms with Crippen LogP contribution in [0.5, 0.6) is 0 Å². The van der Waals surface area contributed by atoms with E-state index in [1.54, 1.807) is 0 Å². The van der Waals surface area contributed by atoms with Crippen molar-refractivity contribution in [2.24, 2.45) is 0 Å². The van der Waals surface area contributed by atoms with Crippen molar-refractivity contribution in [3.8, 4) is 0 Å². The van der Waals surface area contributed by atoms with E-state index in [2.05, 4.69) is 102 Å². The molecule has 0 spiro atoms. The third-order valence-electron chi connectivity index (χ3n) is 4.68. The van der Waals surface area contributed by atoms with Gasteiger partial charge in [0.2, 0.25) is 0 Å². The molecule has 1 atom stereocenters. The van der Waals surface area contributed by atoms with Gasteiger partial charge in [-0.3, -0.25) is 0 Å². The smallest absolute Gasteiger partial charge is 0.195 e. The Balaban J connectivity index is 3.40. The molecule has 0 heterocycles. The number of rotatable bonds is 5. The molecule has 0 saturated carbocycles. The van der Waals surface area contributed by atoms with Crippen LogP contribution >= 0.6 is 15.9 Å². The quantitative estimate of drug-likeness (QED) is 0.378. The van der Waals surface area contributed by atoms with Gasteiger partial charge in [-0.05, 0) is 54.3 Å². The maximum Gasteiger partial charge on any atom is 0.195 e. The van der Waals surface area contributed by atoms with E-state index in [-0.39, 0.29) is 16.7 Å². The summed E-state index contributed by atoms with van der Waals surface area (Å²) in [7, 11) is -3.19. The first-order chi connectivity index (χ1) is 10.6. The van der Waals surface area contributed by atoms with Crippen molar-refractivity contribution < 1.29 is 8.85 Å². The van der Waals surface area contributed by atoms with Crippen LogP contribution < -0.4 is 0 Å². The Hall–Kier alpha value is 0.0538. The van der Waals surface area contributed by atoms with E-state index in [9.17, 15) is 0 Å². The number of hydrogen-bond donors (Lipinski definition) is 0. The zero-order valence-electron chi connectivity index (χ0n) is 17.1. The number of hydrogen-bond acceptors (Lipinski definition) is 2. The first-order valence-corrected chi connectivity index (χ1v) is 15.3. The molecule has 1 aromatic carbocycles. The molecule has 0 N–H and O–H groups in total. The lowest BCUT2D eigenvalue weighted by Crippen LogP contribution is -2.43. The van der Waals surface area contributed by atoms with Gasteiger partial charge in [-0.15, -0.1) is 0 Å². The predicted molar refractivity (Wildman–Crippen MR) is 114 cm³/mol. The Morgan fingerprint density at radius 2 is 1.58 bits per heavy atom. The van der Waals surface area contributed by atoms with Crippen LogP contribution in [0.25, 0.3) is 0 Å². The van der Waals surface area contributed by atoms with Crippen molar-refractivity contribution in [1.29, 1.82) is 0 Å². The lowest BCUT2D eigenvalue weighted by atomic mass is 9.83. The molecule has 0 aliphatic carbocycles. The summed E-state index contributed by atoms with van der Waals surface area (Å²) >= 11 is 3.63. The molecule has 0 amide bonds. The standard InChI is InChI=1S/C19H35BrO2Si2/c1-18(2,3)16-12-11-14(20)13-15(16)17(21-23(7)8)22-24(9,10)19(4,5)6/h11-13,17,23H,1-10H3. The molecular weight excluding hydrogens is 396 g/mol. The molecule has 0 aromatic heterocycles. The molecule has 5 heteroatoms. The van der Waals surface area contributed by atoms with E-state index in [1.807, 2.05) is 0 Å². The van der Waals surface area contributed by atoms with Crippen molar-refractivity contribution in [2.45, 2.75) is 84.5 Å². The van der Waals surface area contributed by atoms with Gasteiger partial charge in [0.25, 0.3) is 0 Å². The Kier molecular flexibility index (Phi) is 7.13. The summed E-state index contributed by atoms with van der Waals surface area (Å²) in [6, 6.07) is 6.49. The Bertz CT molecular complexity index is 557. The summed E-state index contributed by atoms with van der Waals surface area (Å²) < 4.78 is 14.2. The maximum absolute atomic E-state index is 6.72. The average Bonchev–Trinajstić information content (AvgIpc) is 2.34. The Morgan fingerprint density at radius 3 is 2.00 bits per heavy atom. The van der Waals surface area contributed by atoms with Crippen LogP contribution in [0.4, 0.5) is 0 Å². The minimum Gasteiger partial charge on any atom is -0.393 e. The summed E-state index contributed by atoms with van der Waals surface area (Å²) in [4.78, 5) is 0. The van der Waals surface area contributed by atoms with E-state index in [4.69, 9.17) is 8.85 Å². The largest absolute Gasteiger partial charge is 0.393 e. The minimum atomic E-state index is -1.94. The van der Waals surface area contributed by atoms with Gasteiger partial charge in [0, 0.05) is 10.0 Å². The van der Waals surface area contributed by atoms with Gasteiger partial charge in [0.15, 0.2) is 23.6 Å².